The number of thioether (sulfide) groups is 1. The van der Waals surface area contributed by atoms with Crippen molar-refractivity contribution in [2.24, 2.45) is 11.8 Å². The Hall–Kier alpha value is -0.510. The second-order valence-electron chi connectivity index (χ2n) is 6.52. The van der Waals surface area contributed by atoms with Crippen molar-refractivity contribution in [3.63, 3.8) is 0 Å². The second kappa shape index (κ2) is 7.32. The highest BCUT2D eigenvalue weighted by atomic mass is 32.2. The molecule has 0 amide bonds. The van der Waals surface area contributed by atoms with Gasteiger partial charge in [-0.05, 0) is 28.2 Å². The minimum Gasteiger partial charge on any atom is -0.271 e. The van der Waals surface area contributed by atoms with E-state index in [0.29, 0.717) is 0 Å². The molecule has 0 bridgehead atoms. The number of hydrogen-bond donors (Lipinski definition) is 2. The van der Waals surface area contributed by atoms with Gasteiger partial charge < -0.3 is 0 Å². The molecule has 0 aromatic heterocycles. The molecule has 0 radical (unpaired) electrons. The van der Waals surface area contributed by atoms with Crippen molar-refractivity contribution in [2.45, 2.75) is 46.1 Å². The van der Waals surface area contributed by atoms with Gasteiger partial charge in [0.25, 0.3) is 0 Å². The lowest BCUT2D eigenvalue weighted by molar-refractivity contribution is 0.585. The van der Waals surface area contributed by atoms with E-state index in [1.54, 1.807) is 0 Å². The molecule has 1 aromatic rings. The molecule has 0 aliphatic rings. The Morgan fingerprint density at radius 3 is 2.11 bits per heavy atom. The van der Waals surface area contributed by atoms with Crippen LogP contribution in [0.3, 0.4) is 0 Å². The summed E-state index contributed by atoms with van der Waals surface area (Å²) in [6.45, 7) is 11.2. The van der Waals surface area contributed by atoms with E-state index in [-0.39, 0.29) is 11.5 Å². The maximum absolute atomic E-state index is 5.68. The van der Waals surface area contributed by atoms with E-state index in [2.05, 4.69) is 64.3 Å². The molecule has 1 atom stereocenters. The van der Waals surface area contributed by atoms with Gasteiger partial charge in [-0.3, -0.25) is 11.3 Å². The fourth-order valence-corrected chi connectivity index (χ4v) is 3.01. The monoisotopic (exact) mass is 280 g/mol. The van der Waals surface area contributed by atoms with Gasteiger partial charge in [-0.15, -0.1) is 0 Å². The molecular weight excluding hydrogens is 252 g/mol. The van der Waals surface area contributed by atoms with Crippen molar-refractivity contribution in [1.82, 2.24) is 5.43 Å². The average Bonchev–Trinajstić information content (AvgIpc) is 2.33. The van der Waals surface area contributed by atoms with Gasteiger partial charge in [0.2, 0.25) is 0 Å². The van der Waals surface area contributed by atoms with E-state index >= 15 is 0 Å². The van der Waals surface area contributed by atoms with E-state index < -0.39 is 0 Å². The molecule has 0 fully saturated rings. The fourth-order valence-electron chi connectivity index (χ4n) is 1.88. The van der Waals surface area contributed by atoms with Crippen LogP contribution in [0.5, 0.6) is 0 Å². The summed E-state index contributed by atoms with van der Waals surface area (Å²) in [5, 5.41) is 0. The van der Waals surface area contributed by atoms with E-state index in [1.807, 2.05) is 11.8 Å². The van der Waals surface area contributed by atoms with Crippen LogP contribution in [-0.2, 0) is 5.41 Å². The van der Waals surface area contributed by atoms with Gasteiger partial charge in [0, 0.05) is 5.75 Å². The zero-order chi connectivity index (χ0) is 14.5. The summed E-state index contributed by atoms with van der Waals surface area (Å²) in [7, 11) is 0. The van der Waals surface area contributed by atoms with Crippen LogP contribution in [0.2, 0.25) is 0 Å². The molecule has 1 aromatic carbocycles. The standard InChI is InChI=1S/C16H28N2S/c1-12(2)10-19-11-15(18-17)13-6-8-14(9-7-13)16(3,4)5/h6-9,12,15,18H,10-11,17H2,1-5H3. The molecule has 2 nitrogen and oxygen atoms in total. The topological polar surface area (TPSA) is 38.0 Å². The van der Waals surface area contributed by atoms with Crippen LogP contribution in [0.15, 0.2) is 24.3 Å². The summed E-state index contributed by atoms with van der Waals surface area (Å²) in [6.07, 6.45) is 0. The zero-order valence-electron chi connectivity index (χ0n) is 12.9. The first-order chi connectivity index (χ1) is 8.84. The molecule has 108 valence electrons. The fraction of sp³-hybridized carbons (Fsp3) is 0.625. The Labute approximate surface area is 122 Å². The second-order valence-corrected chi connectivity index (χ2v) is 7.60. The summed E-state index contributed by atoms with van der Waals surface area (Å²) in [6, 6.07) is 9.06. The van der Waals surface area contributed by atoms with Crippen molar-refractivity contribution >= 4 is 11.8 Å². The quantitative estimate of drug-likeness (QED) is 0.613. The molecular formula is C16H28N2S. The minimum atomic E-state index is 0.205. The first-order valence-corrected chi connectivity index (χ1v) is 8.14. The SMILES string of the molecule is CC(C)CSCC(NN)c1ccc(C(C)(C)C)cc1. The predicted molar refractivity (Wildman–Crippen MR) is 87.4 cm³/mol. The van der Waals surface area contributed by atoms with Gasteiger partial charge in [-0.25, -0.2) is 0 Å². The van der Waals surface area contributed by atoms with Crippen molar-refractivity contribution in [1.29, 1.82) is 0 Å². The maximum Gasteiger partial charge on any atom is 0.0550 e. The van der Waals surface area contributed by atoms with Crippen LogP contribution in [0.4, 0.5) is 0 Å². The van der Waals surface area contributed by atoms with Crippen LogP contribution in [0.25, 0.3) is 0 Å². The summed E-state index contributed by atoms with van der Waals surface area (Å²) in [5.41, 5.74) is 5.77. The van der Waals surface area contributed by atoms with E-state index in [0.717, 1.165) is 11.7 Å². The number of hydrazine groups is 1. The molecule has 0 saturated carbocycles. The van der Waals surface area contributed by atoms with Gasteiger partial charge in [0.05, 0.1) is 6.04 Å². The number of nitrogens with two attached hydrogens (primary N) is 1. The van der Waals surface area contributed by atoms with Crippen LogP contribution in [-0.4, -0.2) is 11.5 Å². The normalized spacial score (nSPS) is 13.8. The summed E-state index contributed by atoms with van der Waals surface area (Å²) < 4.78 is 0. The average molecular weight is 280 g/mol. The Kier molecular flexibility index (Phi) is 6.37. The van der Waals surface area contributed by atoms with Crippen molar-refractivity contribution in [3.8, 4) is 0 Å². The molecule has 3 heteroatoms. The van der Waals surface area contributed by atoms with Crippen molar-refractivity contribution in [2.75, 3.05) is 11.5 Å². The van der Waals surface area contributed by atoms with E-state index in [1.165, 1.54) is 16.9 Å². The summed E-state index contributed by atoms with van der Waals surface area (Å²) >= 11 is 1.96. The van der Waals surface area contributed by atoms with E-state index in [9.17, 15) is 0 Å². The van der Waals surface area contributed by atoms with Gasteiger partial charge in [-0.1, -0.05) is 58.9 Å². The third-order valence-corrected chi connectivity index (χ3v) is 4.59. The van der Waals surface area contributed by atoms with Crippen LogP contribution in [0, 0.1) is 5.92 Å². The van der Waals surface area contributed by atoms with Crippen LogP contribution in [0.1, 0.15) is 51.8 Å². The first kappa shape index (κ1) is 16.5. The molecule has 0 spiro atoms. The number of nitrogens with one attached hydrogen (secondary N) is 1. The first-order valence-electron chi connectivity index (χ1n) is 6.99. The lowest BCUT2D eigenvalue weighted by Crippen LogP contribution is -2.30. The largest absolute Gasteiger partial charge is 0.271 e. The van der Waals surface area contributed by atoms with Crippen molar-refractivity contribution < 1.29 is 0 Å². The van der Waals surface area contributed by atoms with Crippen molar-refractivity contribution in [3.05, 3.63) is 35.4 Å². The number of rotatable bonds is 6. The highest BCUT2D eigenvalue weighted by molar-refractivity contribution is 7.99. The Morgan fingerprint density at radius 1 is 1.11 bits per heavy atom. The van der Waals surface area contributed by atoms with Gasteiger partial charge in [0.1, 0.15) is 0 Å². The number of hydrogen-bond acceptors (Lipinski definition) is 3. The summed E-state index contributed by atoms with van der Waals surface area (Å²) in [4.78, 5) is 0. The molecule has 0 heterocycles. The maximum atomic E-state index is 5.68. The smallest absolute Gasteiger partial charge is 0.0550 e. The Morgan fingerprint density at radius 2 is 1.68 bits per heavy atom. The lowest BCUT2D eigenvalue weighted by Gasteiger charge is -2.21. The zero-order valence-corrected chi connectivity index (χ0v) is 13.7. The molecule has 1 unspecified atom stereocenters. The highest BCUT2D eigenvalue weighted by Gasteiger charge is 2.15. The minimum absolute atomic E-state index is 0.205. The van der Waals surface area contributed by atoms with Crippen LogP contribution < -0.4 is 11.3 Å². The lowest BCUT2D eigenvalue weighted by atomic mass is 9.86. The summed E-state index contributed by atoms with van der Waals surface area (Å²) in [5.74, 6) is 8.61. The highest BCUT2D eigenvalue weighted by Crippen LogP contribution is 2.25. The van der Waals surface area contributed by atoms with Crippen LogP contribution >= 0.6 is 11.8 Å². The predicted octanol–water partition coefficient (Wildman–Crippen LogP) is 3.88. The third-order valence-electron chi connectivity index (χ3n) is 3.12. The van der Waals surface area contributed by atoms with Gasteiger partial charge >= 0.3 is 0 Å². The van der Waals surface area contributed by atoms with E-state index in [4.69, 9.17) is 5.84 Å². The molecule has 0 aliphatic carbocycles. The molecule has 0 aliphatic heterocycles. The molecule has 19 heavy (non-hydrogen) atoms. The van der Waals surface area contributed by atoms with Gasteiger partial charge in [-0.2, -0.15) is 11.8 Å². The number of benzene rings is 1. The van der Waals surface area contributed by atoms with Gasteiger partial charge in [0.15, 0.2) is 0 Å². The molecule has 3 N–H and O–H groups in total. The molecule has 0 saturated heterocycles. The Balaban J connectivity index is 2.66. The molecule has 1 rings (SSSR count). The third kappa shape index (κ3) is 5.55. The Bertz CT molecular complexity index is 365.